The molecule has 17 heavy (non-hydrogen) atoms. The van der Waals surface area contributed by atoms with Crippen LogP contribution in [0.3, 0.4) is 0 Å². The molecule has 0 aliphatic carbocycles. The van der Waals surface area contributed by atoms with Gasteiger partial charge in [0.2, 0.25) is 0 Å². The largest absolute Gasteiger partial charge is 0.493 e. The van der Waals surface area contributed by atoms with E-state index < -0.39 is 5.97 Å². The molecular formula is C13H17NO3. The van der Waals surface area contributed by atoms with Crippen LogP contribution in [0.1, 0.15) is 5.56 Å². The molecule has 0 radical (unpaired) electrons. The van der Waals surface area contributed by atoms with Gasteiger partial charge in [0.15, 0.2) is 0 Å². The van der Waals surface area contributed by atoms with Gasteiger partial charge in [-0.2, -0.15) is 0 Å². The maximum atomic E-state index is 10.5. The van der Waals surface area contributed by atoms with E-state index in [-0.39, 0.29) is 6.42 Å². The summed E-state index contributed by atoms with van der Waals surface area (Å²) < 4.78 is 5.64. The van der Waals surface area contributed by atoms with Crippen molar-refractivity contribution >= 4 is 5.97 Å². The second-order valence-electron chi connectivity index (χ2n) is 4.61. The van der Waals surface area contributed by atoms with E-state index in [1.54, 1.807) is 12.1 Å². The predicted octanol–water partition coefficient (Wildman–Crippen LogP) is 1.25. The number of carboxylic acids is 1. The topological polar surface area (TPSA) is 49.8 Å². The van der Waals surface area contributed by atoms with E-state index in [9.17, 15) is 4.79 Å². The maximum absolute atomic E-state index is 10.5. The molecule has 0 atom stereocenters. The molecule has 1 aliphatic heterocycles. The summed E-state index contributed by atoms with van der Waals surface area (Å²) in [6, 6.07) is 7.27. The number of likely N-dealkylation sites (tertiary alicyclic amines) is 1. The molecule has 1 aromatic carbocycles. The second kappa shape index (κ2) is 5.19. The molecule has 4 heteroatoms. The van der Waals surface area contributed by atoms with Crippen LogP contribution >= 0.6 is 0 Å². The van der Waals surface area contributed by atoms with E-state index in [4.69, 9.17) is 9.84 Å². The number of benzene rings is 1. The van der Waals surface area contributed by atoms with Gasteiger partial charge >= 0.3 is 5.97 Å². The average molecular weight is 235 g/mol. The van der Waals surface area contributed by atoms with Crippen molar-refractivity contribution in [2.75, 3.05) is 26.7 Å². The normalized spacial score (nSPS) is 16.5. The van der Waals surface area contributed by atoms with E-state index in [0.29, 0.717) is 5.92 Å². The highest BCUT2D eigenvalue weighted by Gasteiger charge is 2.23. The van der Waals surface area contributed by atoms with Gasteiger partial charge in [-0.05, 0) is 24.7 Å². The lowest BCUT2D eigenvalue weighted by molar-refractivity contribution is -0.136. The third-order valence-corrected chi connectivity index (χ3v) is 2.90. The summed E-state index contributed by atoms with van der Waals surface area (Å²) in [5.74, 6) is 0.628. The first kappa shape index (κ1) is 11.9. The number of rotatable bonds is 5. The van der Waals surface area contributed by atoms with Crippen LogP contribution in [0, 0.1) is 5.92 Å². The summed E-state index contributed by atoms with van der Waals surface area (Å²) in [4.78, 5) is 12.8. The Hall–Kier alpha value is -1.55. The van der Waals surface area contributed by atoms with Gasteiger partial charge < -0.3 is 14.7 Å². The van der Waals surface area contributed by atoms with Crippen molar-refractivity contribution in [1.29, 1.82) is 0 Å². The summed E-state index contributed by atoms with van der Waals surface area (Å²) in [5.41, 5.74) is 0.799. The van der Waals surface area contributed by atoms with Gasteiger partial charge in [0.05, 0.1) is 13.0 Å². The van der Waals surface area contributed by atoms with E-state index in [0.717, 1.165) is 31.0 Å². The minimum atomic E-state index is -0.809. The molecular weight excluding hydrogens is 218 g/mol. The van der Waals surface area contributed by atoms with E-state index in [1.165, 1.54) is 0 Å². The quantitative estimate of drug-likeness (QED) is 0.834. The Balaban J connectivity index is 1.79. The van der Waals surface area contributed by atoms with Crippen molar-refractivity contribution in [3.8, 4) is 5.75 Å². The van der Waals surface area contributed by atoms with Crippen LogP contribution in [0.25, 0.3) is 0 Å². The molecule has 4 nitrogen and oxygen atoms in total. The van der Waals surface area contributed by atoms with Crippen molar-refractivity contribution in [1.82, 2.24) is 4.90 Å². The first-order valence-corrected chi connectivity index (χ1v) is 5.75. The predicted molar refractivity (Wildman–Crippen MR) is 64.3 cm³/mol. The molecule has 1 heterocycles. The van der Waals surface area contributed by atoms with Crippen LogP contribution in [-0.2, 0) is 11.2 Å². The fraction of sp³-hybridized carbons (Fsp3) is 0.462. The molecule has 0 saturated carbocycles. The zero-order valence-corrected chi connectivity index (χ0v) is 9.93. The van der Waals surface area contributed by atoms with Crippen LogP contribution in [-0.4, -0.2) is 42.7 Å². The van der Waals surface area contributed by atoms with E-state index in [1.807, 2.05) is 12.1 Å². The van der Waals surface area contributed by atoms with Gasteiger partial charge in [-0.25, -0.2) is 0 Å². The summed E-state index contributed by atoms with van der Waals surface area (Å²) in [7, 11) is 2.09. The fourth-order valence-corrected chi connectivity index (χ4v) is 2.03. The molecule has 0 aromatic heterocycles. The molecule has 2 rings (SSSR count). The molecule has 0 bridgehead atoms. The lowest BCUT2D eigenvalue weighted by atomic mass is 10.0. The lowest BCUT2D eigenvalue weighted by Crippen LogP contribution is -2.46. The van der Waals surface area contributed by atoms with Gasteiger partial charge in [-0.1, -0.05) is 12.1 Å². The molecule has 1 aromatic rings. The smallest absolute Gasteiger partial charge is 0.307 e. The number of hydrogen-bond acceptors (Lipinski definition) is 3. The lowest BCUT2D eigenvalue weighted by Gasteiger charge is -2.35. The average Bonchev–Trinajstić information content (AvgIpc) is 2.24. The maximum Gasteiger partial charge on any atom is 0.307 e. The monoisotopic (exact) mass is 235 g/mol. The first-order valence-electron chi connectivity index (χ1n) is 5.75. The van der Waals surface area contributed by atoms with Gasteiger partial charge in [0.25, 0.3) is 0 Å². The number of nitrogens with zero attached hydrogens (tertiary/aromatic N) is 1. The summed E-state index contributed by atoms with van der Waals surface area (Å²) >= 11 is 0. The van der Waals surface area contributed by atoms with Gasteiger partial charge in [-0.15, -0.1) is 0 Å². The summed E-state index contributed by atoms with van der Waals surface area (Å²) in [6.45, 7) is 2.93. The van der Waals surface area contributed by atoms with Crippen LogP contribution in [0.2, 0.25) is 0 Å². The van der Waals surface area contributed by atoms with E-state index >= 15 is 0 Å². The van der Waals surface area contributed by atoms with Crippen LogP contribution < -0.4 is 4.74 Å². The highest BCUT2D eigenvalue weighted by molar-refractivity contribution is 5.70. The Morgan fingerprint density at radius 1 is 1.41 bits per heavy atom. The number of carboxylic acid groups (broad SMARTS) is 1. The van der Waals surface area contributed by atoms with Gasteiger partial charge in [-0.3, -0.25) is 4.79 Å². The van der Waals surface area contributed by atoms with Crippen molar-refractivity contribution in [2.45, 2.75) is 6.42 Å². The third kappa shape index (κ3) is 3.46. The third-order valence-electron chi connectivity index (χ3n) is 2.90. The minimum Gasteiger partial charge on any atom is -0.493 e. The Morgan fingerprint density at radius 3 is 2.59 bits per heavy atom. The number of carbonyl (C=O) groups is 1. The fourth-order valence-electron chi connectivity index (χ4n) is 2.03. The number of ether oxygens (including phenoxy) is 1. The van der Waals surface area contributed by atoms with Crippen LogP contribution in [0.5, 0.6) is 5.75 Å². The first-order chi connectivity index (χ1) is 8.13. The second-order valence-corrected chi connectivity index (χ2v) is 4.61. The van der Waals surface area contributed by atoms with Gasteiger partial charge in [0.1, 0.15) is 5.75 Å². The minimum absolute atomic E-state index is 0.0632. The molecule has 92 valence electrons. The zero-order valence-electron chi connectivity index (χ0n) is 9.93. The van der Waals surface area contributed by atoms with Crippen LogP contribution in [0.4, 0.5) is 0 Å². The van der Waals surface area contributed by atoms with Crippen LogP contribution in [0.15, 0.2) is 24.3 Å². The van der Waals surface area contributed by atoms with Gasteiger partial charge in [0, 0.05) is 19.0 Å². The number of hydrogen-bond donors (Lipinski definition) is 1. The standard InChI is InChI=1S/C13H17NO3/c1-14-7-11(8-14)9-17-12-4-2-10(3-5-12)6-13(15)16/h2-5,11H,6-9H2,1H3,(H,15,16). The zero-order chi connectivity index (χ0) is 12.3. The Bertz CT molecular complexity index is 382. The van der Waals surface area contributed by atoms with Crippen molar-refractivity contribution in [2.24, 2.45) is 5.92 Å². The Labute approximate surface area is 101 Å². The Kier molecular flexibility index (Phi) is 3.64. The summed E-state index contributed by atoms with van der Waals surface area (Å²) in [6.07, 6.45) is 0.0632. The summed E-state index contributed by atoms with van der Waals surface area (Å²) in [5, 5.41) is 8.64. The molecule has 0 spiro atoms. The molecule has 0 amide bonds. The SMILES string of the molecule is CN1CC(COc2ccc(CC(=O)O)cc2)C1. The number of aliphatic carboxylic acids is 1. The highest BCUT2D eigenvalue weighted by Crippen LogP contribution is 2.17. The highest BCUT2D eigenvalue weighted by atomic mass is 16.5. The van der Waals surface area contributed by atoms with Crippen molar-refractivity contribution in [3.63, 3.8) is 0 Å². The van der Waals surface area contributed by atoms with E-state index in [2.05, 4.69) is 11.9 Å². The Morgan fingerprint density at radius 2 is 2.06 bits per heavy atom. The molecule has 1 N–H and O–H groups in total. The molecule has 1 fully saturated rings. The molecule has 0 unspecified atom stereocenters. The molecule has 1 aliphatic rings. The van der Waals surface area contributed by atoms with Crippen molar-refractivity contribution in [3.05, 3.63) is 29.8 Å². The molecule has 1 saturated heterocycles. The van der Waals surface area contributed by atoms with Crippen molar-refractivity contribution < 1.29 is 14.6 Å².